The number of benzene rings is 1. The lowest BCUT2D eigenvalue weighted by atomic mass is 9.99. The maximum atomic E-state index is 12.3. The number of allylic oxidation sites excluding steroid dienone is 4. The fourth-order valence-electron chi connectivity index (χ4n) is 1.68. The Balaban J connectivity index is 2.27. The molecule has 1 aromatic rings. The molecule has 0 aliphatic heterocycles. The summed E-state index contributed by atoms with van der Waals surface area (Å²) in [7, 11) is 2.60. The fourth-order valence-corrected chi connectivity index (χ4v) is 2.09. The molecule has 0 N–H and O–H groups in total. The van der Waals surface area contributed by atoms with E-state index in [2.05, 4.69) is 9.24 Å². The maximum absolute atomic E-state index is 12.3. The van der Waals surface area contributed by atoms with E-state index >= 15 is 0 Å². The highest BCUT2D eigenvalue weighted by Crippen LogP contribution is 2.36. The van der Waals surface area contributed by atoms with E-state index in [4.69, 9.17) is 0 Å². The molecule has 1 aromatic carbocycles. The third-order valence-electron chi connectivity index (χ3n) is 2.55. The SMILES string of the molecule is FC(F)(F)c1ccc(C2C=CC=C2P)cc1. The molecule has 0 amide bonds. The Bertz CT molecular complexity index is 440. The van der Waals surface area contributed by atoms with E-state index in [1.165, 1.54) is 12.1 Å². The minimum atomic E-state index is -4.26. The van der Waals surface area contributed by atoms with Crippen molar-refractivity contribution in [1.82, 2.24) is 0 Å². The molecule has 0 saturated carbocycles. The van der Waals surface area contributed by atoms with Crippen LogP contribution < -0.4 is 0 Å². The molecule has 0 heterocycles. The van der Waals surface area contributed by atoms with Crippen LogP contribution in [0.3, 0.4) is 0 Å². The van der Waals surface area contributed by atoms with E-state index < -0.39 is 11.7 Å². The molecule has 2 atom stereocenters. The number of rotatable bonds is 1. The Kier molecular flexibility index (Phi) is 2.90. The van der Waals surface area contributed by atoms with Crippen LogP contribution in [0, 0.1) is 0 Å². The molecule has 0 fully saturated rings. The van der Waals surface area contributed by atoms with E-state index in [0.29, 0.717) is 0 Å². The Morgan fingerprint density at radius 3 is 2.12 bits per heavy atom. The average Bonchev–Trinajstić information content (AvgIpc) is 2.63. The first kappa shape index (κ1) is 11.4. The molecule has 1 aliphatic rings. The van der Waals surface area contributed by atoms with Gasteiger partial charge in [0, 0.05) is 5.92 Å². The van der Waals surface area contributed by atoms with E-state index in [1.54, 1.807) is 0 Å². The molecule has 0 bridgehead atoms. The molecule has 0 nitrogen and oxygen atoms in total. The van der Waals surface area contributed by atoms with Gasteiger partial charge in [-0.05, 0) is 23.0 Å². The van der Waals surface area contributed by atoms with Crippen molar-refractivity contribution in [3.05, 3.63) is 58.9 Å². The van der Waals surface area contributed by atoms with Gasteiger partial charge in [0.15, 0.2) is 0 Å². The number of halogens is 3. The molecule has 4 heteroatoms. The first-order chi connectivity index (χ1) is 7.48. The highest BCUT2D eigenvalue weighted by Gasteiger charge is 2.30. The van der Waals surface area contributed by atoms with Crippen molar-refractivity contribution in [3.63, 3.8) is 0 Å². The summed E-state index contributed by atoms with van der Waals surface area (Å²) in [5.41, 5.74) is 0.274. The van der Waals surface area contributed by atoms with Gasteiger partial charge in [0.2, 0.25) is 0 Å². The van der Waals surface area contributed by atoms with E-state index in [1.807, 2.05) is 18.2 Å². The van der Waals surface area contributed by atoms with Crippen molar-refractivity contribution in [2.24, 2.45) is 0 Å². The summed E-state index contributed by atoms with van der Waals surface area (Å²) in [5.74, 6) is 0.0901. The van der Waals surface area contributed by atoms with Gasteiger partial charge < -0.3 is 0 Å². The Morgan fingerprint density at radius 1 is 1.06 bits per heavy atom. The van der Waals surface area contributed by atoms with Gasteiger partial charge >= 0.3 is 6.18 Å². The van der Waals surface area contributed by atoms with E-state index in [9.17, 15) is 13.2 Å². The van der Waals surface area contributed by atoms with Crippen LogP contribution in [0.15, 0.2) is 47.8 Å². The van der Waals surface area contributed by atoms with Crippen LogP contribution in [-0.4, -0.2) is 0 Å². The Hall–Kier alpha value is -1.08. The van der Waals surface area contributed by atoms with Crippen LogP contribution in [0.5, 0.6) is 0 Å². The number of alkyl halides is 3. The quantitative estimate of drug-likeness (QED) is 0.650. The highest BCUT2D eigenvalue weighted by molar-refractivity contribution is 7.22. The molecule has 2 unspecified atom stereocenters. The fraction of sp³-hybridized carbons (Fsp3) is 0.167. The lowest BCUT2D eigenvalue weighted by Crippen LogP contribution is -2.05. The monoisotopic (exact) mass is 242 g/mol. The van der Waals surface area contributed by atoms with E-state index in [-0.39, 0.29) is 5.92 Å². The van der Waals surface area contributed by atoms with Gasteiger partial charge in [0.25, 0.3) is 0 Å². The highest BCUT2D eigenvalue weighted by atomic mass is 31.0. The molecule has 0 spiro atoms. The first-order valence-electron chi connectivity index (χ1n) is 4.79. The summed E-state index contributed by atoms with van der Waals surface area (Å²) in [6, 6.07) is 5.31. The third-order valence-corrected chi connectivity index (χ3v) is 3.10. The zero-order valence-electron chi connectivity index (χ0n) is 8.33. The van der Waals surface area contributed by atoms with E-state index in [0.717, 1.165) is 23.0 Å². The first-order valence-corrected chi connectivity index (χ1v) is 5.37. The Morgan fingerprint density at radius 2 is 1.69 bits per heavy atom. The topological polar surface area (TPSA) is 0 Å². The summed E-state index contributed by atoms with van der Waals surface area (Å²) in [6.07, 6.45) is 1.55. The largest absolute Gasteiger partial charge is 0.416 e. The van der Waals surface area contributed by atoms with Crippen molar-refractivity contribution in [2.45, 2.75) is 12.1 Å². The predicted molar refractivity (Wildman–Crippen MR) is 61.1 cm³/mol. The zero-order chi connectivity index (χ0) is 11.8. The lowest BCUT2D eigenvalue weighted by molar-refractivity contribution is -0.137. The van der Waals surface area contributed by atoms with Crippen LogP contribution in [-0.2, 0) is 6.18 Å². The van der Waals surface area contributed by atoms with Crippen molar-refractivity contribution in [1.29, 1.82) is 0 Å². The van der Waals surface area contributed by atoms with Gasteiger partial charge in [-0.15, -0.1) is 9.24 Å². The predicted octanol–water partition coefficient (Wildman–Crippen LogP) is 4.12. The summed E-state index contributed by atoms with van der Waals surface area (Å²) in [5, 5.41) is 1.07. The lowest BCUT2D eigenvalue weighted by Gasteiger charge is -2.12. The molecule has 2 rings (SSSR count). The normalized spacial score (nSPS) is 20.0. The second kappa shape index (κ2) is 4.06. The molecule has 16 heavy (non-hydrogen) atoms. The van der Waals surface area contributed by atoms with Gasteiger partial charge in [0.05, 0.1) is 5.56 Å². The standard InChI is InChI=1S/C12H10F3P/c13-12(14,15)9-6-4-8(5-7-9)10-2-1-3-11(10)16/h1-7,10H,16H2. The van der Waals surface area contributed by atoms with Crippen molar-refractivity contribution in [2.75, 3.05) is 0 Å². The van der Waals surface area contributed by atoms with Crippen molar-refractivity contribution in [3.8, 4) is 0 Å². The second-order valence-corrected chi connectivity index (χ2v) is 4.32. The summed E-state index contributed by atoms with van der Waals surface area (Å²) in [6.45, 7) is 0. The van der Waals surface area contributed by atoms with Crippen LogP contribution >= 0.6 is 9.24 Å². The van der Waals surface area contributed by atoms with Crippen LogP contribution in [0.1, 0.15) is 17.0 Å². The van der Waals surface area contributed by atoms with Gasteiger partial charge in [0.1, 0.15) is 0 Å². The van der Waals surface area contributed by atoms with Gasteiger partial charge in [-0.3, -0.25) is 0 Å². The molecule has 0 saturated heterocycles. The number of hydrogen-bond acceptors (Lipinski definition) is 0. The summed E-state index contributed by atoms with van der Waals surface area (Å²) in [4.78, 5) is 0. The molecule has 0 aromatic heterocycles. The average molecular weight is 242 g/mol. The summed E-state index contributed by atoms with van der Waals surface area (Å²) < 4.78 is 37.0. The van der Waals surface area contributed by atoms with Crippen molar-refractivity contribution >= 4 is 9.24 Å². The van der Waals surface area contributed by atoms with Crippen LogP contribution in [0.4, 0.5) is 13.2 Å². The molecular weight excluding hydrogens is 232 g/mol. The minimum absolute atomic E-state index is 0.0901. The molecular formula is C12H10F3P. The van der Waals surface area contributed by atoms with Crippen molar-refractivity contribution < 1.29 is 13.2 Å². The minimum Gasteiger partial charge on any atom is -0.166 e. The molecule has 0 radical (unpaired) electrons. The second-order valence-electron chi connectivity index (χ2n) is 3.65. The smallest absolute Gasteiger partial charge is 0.166 e. The molecule has 84 valence electrons. The number of hydrogen-bond donors (Lipinski definition) is 0. The molecule has 1 aliphatic carbocycles. The van der Waals surface area contributed by atoms with Crippen LogP contribution in [0.25, 0.3) is 0 Å². The summed E-state index contributed by atoms with van der Waals surface area (Å²) >= 11 is 0. The van der Waals surface area contributed by atoms with Gasteiger partial charge in [-0.1, -0.05) is 30.4 Å². The van der Waals surface area contributed by atoms with Crippen LogP contribution in [0.2, 0.25) is 0 Å². The van der Waals surface area contributed by atoms with Gasteiger partial charge in [-0.2, -0.15) is 13.2 Å². The maximum Gasteiger partial charge on any atom is 0.416 e. The van der Waals surface area contributed by atoms with Gasteiger partial charge in [-0.25, -0.2) is 0 Å². The Labute approximate surface area is 94.1 Å². The third kappa shape index (κ3) is 2.19. The zero-order valence-corrected chi connectivity index (χ0v) is 9.48.